The number of thiazole rings is 1. The molecule has 0 aliphatic carbocycles. The molecule has 2 amide bonds. The summed E-state index contributed by atoms with van der Waals surface area (Å²) >= 11 is 0.830. The summed E-state index contributed by atoms with van der Waals surface area (Å²) in [6.07, 6.45) is -4.48. The van der Waals surface area contributed by atoms with Gasteiger partial charge in [0.05, 0.1) is 18.7 Å². The van der Waals surface area contributed by atoms with Crippen molar-refractivity contribution < 1.29 is 23.1 Å². The summed E-state index contributed by atoms with van der Waals surface area (Å²) in [5.41, 5.74) is -2.01. The third kappa shape index (κ3) is 5.33. The predicted molar refractivity (Wildman–Crippen MR) is 68.3 cm³/mol. The molecule has 0 radical (unpaired) electrons. The van der Waals surface area contributed by atoms with Gasteiger partial charge in [0.15, 0.2) is 5.69 Å². The SMILES string of the molecule is CN(CC(C)(C)O)C(=O)NCc1nc(C(F)(F)F)cs1. The van der Waals surface area contributed by atoms with Crippen molar-refractivity contribution in [2.45, 2.75) is 32.2 Å². The number of alkyl halides is 3. The molecule has 0 atom stereocenters. The van der Waals surface area contributed by atoms with E-state index < -0.39 is 23.5 Å². The van der Waals surface area contributed by atoms with Crippen molar-refractivity contribution in [3.8, 4) is 0 Å². The standard InChI is InChI=1S/C11H16F3N3O2S/c1-10(2,19)6-17(3)9(18)15-4-8-16-7(5-20-8)11(12,13)14/h5,19H,4,6H2,1-3H3,(H,15,18). The van der Waals surface area contributed by atoms with Gasteiger partial charge in [-0.2, -0.15) is 13.2 Å². The fourth-order valence-electron chi connectivity index (χ4n) is 1.46. The van der Waals surface area contributed by atoms with Crippen molar-refractivity contribution >= 4 is 17.4 Å². The van der Waals surface area contributed by atoms with Crippen molar-refractivity contribution in [2.75, 3.05) is 13.6 Å². The number of nitrogens with zero attached hydrogens (tertiary/aromatic N) is 2. The van der Waals surface area contributed by atoms with E-state index in [2.05, 4.69) is 10.3 Å². The first-order valence-corrected chi connectivity index (χ1v) is 6.60. The summed E-state index contributed by atoms with van der Waals surface area (Å²) in [5, 5.41) is 13.1. The van der Waals surface area contributed by atoms with Crippen LogP contribution in [-0.4, -0.2) is 40.2 Å². The van der Waals surface area contributed by atoms with Crippen LogP contribution in [0.4, 0.5) is 18.0 Å². The van der Waals surface area contributed by atoms with Crippen molar-refractivity contribution in [1.29, 1.82) is 0 Å². The van der Waals surface area contributed by atoms with Crippen LogP contribution in [0.5, 0.6) is 0 Å². The molecular formula is C11H16F3N3O2S. The largest absolute Gasteiger partial charge is 0.434 e. The molecule has 0 unspecified atom stereocenters. The van der Waals surface area contributed by atoms with E-state index in [9.17, 15) is 23.1 Å². The Hall–Kier alpha value is -1.35. The Labute approximate surface area is 118 Å². The zero-order valence-electron chi connectivity index (χ0n) is 11.3. The molecule has 114 valence electrons. The molecule has 0 aromatic carbocycles. The highest BCUT2D eigenvalue weighted by Crippen LogP contribution is 2.29. The number of aromatic nitrogens is 1. The molecule has 0 aliphatic heterocycles. The Bertz CT molecular complexity index is 468. The first kappa shape index (κ1) is 16.7. The maximum absolute atomic E-state index is 12.3. The highest BCUT2D eigenvalue weighted by Gasteiger charge is 2.33. The van der Waals surface area contributed by atoms with Crippen molar-refractivity contribution in [2.24, 2.45) is 0 Å². The predicted octanol–water partition coefficient (Wildman–Crippen LogP) is 2.07. The second-order valence-electron chi connectivity index (χ2n) is 4.95. The van der Waals surface area contributed by atoms with Crippen LogP contribution >= 0.6 is 11.3 Å². The van der Waals surface area contributed by atoms with E-state index in [4.69, 9.17) is 0 Å². The van der Waals surface area contributed by atoms with Crippen LogP contribution in [0.1, 0.15) is 24.5 Å². The first-order valence-electron chi connectivity index (χ1n) is 5.72. The molecule has 1 rings (SSSR count). The quantitative estimate of drug-likeness (QED) is 0.894. The molecule has 1 heterocycles. The molecule has 1 aromatic heterocycles. The number of likely N-dealkylation sites (N-methyl/N-ethyl adjacent to an activating group) is 1. The lowest BCUT2D eigenvalue weighted by molar-refractivity contribution is -0.140. The van der Waals surface area contributed by atoms with E-state index in [1.54, 1.807) is 13.8 Å². The Morgan fingerprint density at radius 1 is 1.50 bits per heavy atom. The Morgan fingerprint density at radius 2 is 2.10 bits per heavy atom. The first-order chi connectivity index (χ1) is 8.99. The van der Waals surface area contributed by atoms with Crippen molar-refractivity contribution in [1.82, 2.24) is 15.2 Å². The minimum atomic E-state index is -4.48. The van der Waals surface area contributed by atoms with Crippen LogP contribution in [0.15, 0.2) is 5.38 Å². The van der Waals surface area contributed by atoms with Gasteiger partial charge < -0.3 is 15.3 Å². The fourth-order valence-corrected chi connectivity index (χ4v) is 2.20. The second kappa shape index (κ2) is 5.96. The molecule has 0 spiro atoms. The van der Waals surface area contributed by atoms with Gasteiger partial charge in [0.2, 0.25) is 0 Å². The summed E-state index contributed by atoms with van der Waals surface area (Å²) in [6, 6.07) is -0.490. The molecule has 0 saturated heterocycles. The number of nitrogens with one attached hydrogen (secondary N) is 1. The smallest absolute Gasteiger partial charge is 0.389 e. The number of carbonyl (C=O) groups is 1. The van der Waals surface area contributed by atoms with E-state index in [-0.39, 0.29) is 18.1 Å². The van der Waals surface area contributed by atoms with Gasteiger partial charge in [-0.15, -0.1) is 11.3 Å². The number of halogens is 3. The average Bonchev–Trinajstić information content (AvgIpc) is 2.71. The summed E-state index contributed by atoms with van der Waals surface area (Å²) < 4.78 is 37.0. The van der Waals surface area contributed by atoms with Gasteiger partial charge in [-0.1, -0.05) is 0 Å². The lowest BCUT2D eigenvalue weighted by atomic mass is 10.1. The van der Waals surface area contributed by atoms with Crippen molar-refractivity contribution in [3.63, 3.8) is 0 Å². The van der Waals surface area contributed by atoms with Gasteiger partial charge >= 0.3 is 12.2 Å². The highest BCUT2D eigenvalue weighted by atomic mass is 32.1. The number of amides is 2. The Balaban J connectivity index is 2.51. The van der Waals surface area contributed by atoms with E-state index in [1.807, 2.05) is 0 Å². The summed E-state index contributed by atoms with van der Waals surface area (Å²) in [4.78, 5) is 16.3. The molecule has 1 aromatic rings. The minimum Gasteiger partial charge on any atom is -0.389 e. The molecular weight excluding hydrogens is 295 g/mol. The molecule has 0 bridgehead atoms. The molecule has 0 saturated carbocycles. The lowest BCUT2D eigenvalue weighted by Crippen LogP contribution is -2.44. The normalized spacial score (nSPS) is 12.3. The van der Waals surface area contributed by atoms with Crippen LogP contribution in [0.25, 0.3) is 0 Å². The minimum absolute atomic E-state index is 0.0875. The van der Waals surface area contributed by atoms with Gasteiger partial charge in [-0.3, -0.25) is 0 Å². The van der Waals surface area contributed by atoms with Crippen molar-refractivity contribution in [3.05, 3.63) is 16.1 Å². The van der Waals surface area contributed by atoms with E-state index in [0.29, 0.717) is 0 Å². The number of hydrogen-bond donors (Lipinski definition) is 2. The van der Waals surface area contributed by atoms with Gasteiger partial charge in [-0.25, -0.2) is 9.78 Å². The lowest BCUT2D eigenvalue weighted by Gasteiger charge is -2.25. The number of hydrogen-bond acceptors (Lipinski definition) is 4. The van der Waals surface area contributed by atoms with Crippen LogP contribution in [0, 0.1) is 0 Å². The van der Waals surface area contributed by atoms with Gasteiger partial charge in [0, 0.05) is 12.4 Å². The van der Waals surface area contributed by atoms with Gasteiger partial charge in [0.25, 0.3) is 0 Å². The van der Waals surface area contributed by atoms with E-state index in [1.165, 1.54) is 11.9 Å². The molecule has 2 N–H and O–H groups in total. The molecule has 20 heavy (non-hydrogen) atoms. The summed E-state index contributed by atoms with van der Waals surface area (Å²) in [6.45, 7) is 3.11. The average molecular weight is 311 g/mol. The molecule has 9 heteroatoms. The van der Waals surface area contributed by atoms with Crippen LogP contribution in [0.2, 0.25) is 0 Å². The maximum Gasteiger partial charge on any atom is 0.434 e. The highest BCUT2D eigenvalue weighted by molar-refractivity contribution is 7.09. The van der Waals surface area contributed by atoms with E-state index in [0.717, 1.165) is 16.7 Å². The number of carbonyl (C=O) groups excluding carboxylic acids is 1. The monoisotopic (exact) mass is 311 g/mol. The van der Waals surface area contributed by atoms with Crippen LogP contribution < -0.4 is 5.32 Å². The topological polar surface area (TPSA) is 65.5 Å². The zero-order chi connectivity index (χ0) is 15.6. The van der Waals surface area contributed by atoms with Crippen LogP contribution in [0.3, 0.4) is 0 Å². The van der Waals surface area contributed by atoms with E-state index >= 15 is 0 Å². The Morgan fingerprint density at radius 3 is 2.55 bits per heavy atom. The summed E-state index contributed by atoms with van der Waals surface area (Å²) in [7, 11) is 1.48. The maximum atomic E-state index is 12.3. The fraction of sp³-hybridized carbons (Fsp3) is 0.636. The third-order valence-corrected chi connectivity index (χ3v) is 3.05. The molecule has 0 aliphatic rings. The second-order valence-corrected chi connectivity index (χ2v) is 5.89. The van der Waals surface area contributed by atoms with Gasteiger partial charge in [0.1, 0.15) is 5.01 Å². The molecule has 0 fully saturated rings. The Kier molecular flexibility index (Phi) is 4.98. The zero-order valence-corrected chi connectivity index (χ0v) is 12.1. The number of urea groups is 1. The third-order valence-electron chi connectivity index (χ3n) is 2.20. The number of rotatable bonds is 4. The summed E-state index contributed by atoms with van der Waals surface area (Å²) in [5.74, 6) is 0. The van der Waals surface area contributed by atoms with Crippen LogP contribution in [-0.2, 0) is 12.7 Å². The molecule has 5 nitrogen and oxygen atoms in total. The number of aliphatic hydroxyl groups is 1. The van der Waals surface area contributed by atoms with Gasteiger partial charge in [-0.05, 0) is 13.8 Å².